The Hall–Kier alpha value is -2.00. The second-order valence-electron chi connectivity index (χ2n) is 5.07. The van der Waals surface area contributed by atoms with E-state index in [1.807, 2.05) is 35.2 Å². The summed E-state index contributed by atoms with van der Waals surface area (Å²) in [5.74, 6) is -0.625. The first-order valence-corrected chi connectivity index (χ1v) is 7.21. The van der Waals surface area contributed by atoms with Crippen molar-refractivity contribution in [2.75, 3.05) is 18.0 Å². The molecule has 1 unspecified atom stereocenters. The largest absolute Gasteiger partial charge is 0.480 e. The predicted molar refractivity (Wildman–Crippen MR) is 86.2 cm³/mol. The smallest absolute Gasteiger partial charge is 0.323 e. The van der Waals surface area contributed by atoms with Crippen LogP contribution in [0.1, 0.15) is 18.4 Å². The van der Waals surface area contributed by atoms with Crippen molar-refractivity contribution in [3.05, 3.63) is 65.2 Å². The maximum Gasteiger partial charge on any atom is 0.323 e. The molecule has 0 bridgehead atoms. The maximum atomic E-state index is 11.1. The van der Waals surface area contributed by atoms with Gasteiger partial charge >= 0.3 is 5.97 Å². The van der Waals surface area contributed by atoms with Crippen molar-refractivity contribution in [2.45, 2.75) is 12.8 Å². The molecule has 21 heavy (non-hydrogen) atoms. The average Bonchev–Trinajstić information content (AvgIpc) is 2.47. The summed E-state index contributed by atoms with van der Waals surface area (Å²) in [5, 5.41) is 9.73. The molecule has 0 amide bonds. The molecule has 0 saturated heterocycles. The molecule has 1 N–H and O–H groups in total. The Labute approximate surface area is 129 Å². The van der Waals surface area contributed by atoms with Gasteiger partial charge in [-0.05, 0) is 29.7 Å². The number of carboxylic acids is 1. The Morgan fingerprint density at radius 1 is 1.19 bits per heavy atom. The second kappa shape index (κ2) is 7.14. The monoisotopic (exact) mass is 303 g/mol. The van der Waals surface area contributed by atoms with Crippen LogP contribution in [0.2, 0.25) is 5.02 Å². The molecule has 2 aromatic carbocycles. The first-order valence-electron chi connectivity index (χ1n) is 6.83. The fraction of sp³-hybridized carbons (Fsp3) is 0.235. The quantitative estimate of drug-likeness (QED) is 0.875. The van der Waals surface area contributed by atoms with Crippen LogP contribution in [0.25, 0.3) is 0 Å². The molecule has 0 aliphatic heterocycles. The average molecular weight is 304 g/mol. The van der Waals surface area contributed by atoms with E-state index in [2.05, 4.69) is 19.1 Å². The van der Waals surface area contributed by atoms with Crippen LogP contribution in [0.3, 0.4) is 0 Å². The molecule has 0 heterocycles. The first-order chi connectivity index (χ1) is 10.1. The molecule has 2 aromatic rings. The third kappa shape index (κ3) is 4.50. The number of carboxylic acid groups (broad SMARTS) is 1. The molecule has 4 heteroatoms. The van der Waals surface area contributed by atoms with E-state index >= 15 is 0 Å². The summed E-state index contributed by atoms with van der Waals surface area (Å²) in [4.78, 5) is 13.0. The molecular weight excluding hydrogens is 286 g/mol. The van der Waals surface area contributed by atoms with Gasteiger partial charge < -0.3 is 10.0 Å². The molecule has 0 spiro atoms. The van der Waals surface area contributed by atoms with E-state index in [0.29, 0.717) is 11.6 Å². The van der Waals surface area contributed by atoms with Gasteiger partial charge in [0.25, 0.3) is 0 Å². The molecule has 3 nitrogen and oxygen atoms in total. The maximum absolute atomic E-state index is 11.1. The third-order valence-electron chi connectivity index (χ3n) is 3.36. The zero-order chi connectivity index (χ0) is 15.2. The standard InChI is InChI=1S/C17H18ClNO2/c1-13(14-6-3-2-4-7-14)11-19(12-17(20)21)16-9-5-8-15(18)10-16/h2-10,13H,11-12H2,1H3,(H,20,21). The number of halogens is 1. The van der Waals surface area contributed by atoms with Crippen molar-refractivity contribution >= 4 is 23.3 Å². The summed E-state index contributed by atoms with van der Waals surface area (Å²) in [5.41, 5.74) is 2.02. The van der Waals surface area contributed by atoms with Gasteiger partial charge in [0.05, 0.1) is 0 Å². The van der Waals surface area contributed by atoms with Crippen LogP contribution in [0.4, 0.5) is 5.69 Å². The highest BCUT2D eigenvalue weighted by molar-refractivity contribution is 6.30. The Morgan fingerprint density at radius 3 is 2.52 bits per heavy atom. The van der Waals surface area contributed by atoms with Gasteiger partial charge in [-0.15, -0.1) is 0 Å². The highest BCUT2D eigenvalue weighted by Crippen LogP contribution is 2.23. The second-order valence-corrected chi connectivity index (χ2v) is 5.50. The number of anilines is 1. The molecule has 0 aliphatic rings. The minimum absolute atomic E-state index is 0.0441. The fourth-order valence-electron chi connectivity index (χ4n) is 2.31. The van der Waals surface area contributed by atoms with Crippen LogP contribution in [0.15, 0.2) is 54.6 Å². The molecule has 1 atom stereocenters. The van der Waals surface area contributed by atoms with E-state index in [0.717, 1.165) is 5.69 Å². The van der Waals surface area contributed by atoms with Gasteiger partial charge in [0.15, 0.2) is 0 Å². The van der Waals surface area contributed by atoms with Crippen molar-refractivity contribution < 1.29 is 9.90 Å². The zero-order valence-electron chi connectivity index (χ0n) is 11.9. The molecule has 0 radical (unpaired) electrons. The lowest BCUT2D eigenvalue weighted by molar-refractivity contribution is -0.135. The molecule has 2 rings (SSSR count). The summed E-state index contributed by atoms with van der Waals surface area (Å²) < 4.78 is 0. The van der Waals surface area contributed by atoms with E-state index in [9.17, 15) is 4.79 Å². The van der Waals surface area contributed by atoms with E-state index in [4.69, 9.17) is 16.7 Å². The highest BCUT2D eigenvalue weighted by Gasteiger charge is 2.15. The fourth-order valence-corrected chi connectivity index (χ4v) is 2.50. The number of aliphatic carboxylic acids is 1. The Balaban J connectivity index is 2.19. The molecule has 0 aromatic heterocycles. The van der Waals surface area contributed by atoms with Crippen LogP contribution in [-0.4, -0.2) is 24.2 Å². The number of hydrogen-bond donors (Lipinski definition) is 1. The lowest BCUT2D eigenvalue weighted by atomic mass is 10.0. The SMILES string of the molecule is CC(CN(CC(=O)O)c1cccc(Cl)c1)c1ccccc1. The van der Waals surface area contributed by atoms with Crippen LogP contribution < -0.4 is 4.90 Å². The lowest BCUT2D eigenvalue weighted by Gasteiger charge is -2.26. The highest BCUT2D eigenvalue weighted by atomic mass is 35.5. The summed E-state index contributed by atoms with van der Waals surface area (Å²) in [6, 6.07) is 17.4. The molecule has 0 fully saturated rings. The molecule has 0 saturated carbocycles. The van der Waals surface area contributed by atoms with Gasteiger partial charge in [-0.25, -0.2) is 0 Å². The normalized spacial score (nSPS) is 11.9. The van der Waals surface area contributed by atoms with Crippen molar-refractivity contribution in [1.29, 1.82) is 0 Å². The Bertz CT molecular complexity index is 601. The van der Waals surface area contributed by atoms with Gasteiger partial charge in [0.1, 0.15) is 6.54 Å². The molecule has 0 aliphatic carbocycles. The first kappa shape index (κ1) is 15.4. The summed E-state index contributed by atoms with van der Waals surface area (Å²) in [6.45, 7) is 2.67. The summed E-state index contributed by atoms with van der Waals surface area (Å²) in [7, 11) is 0. The van der Waals surface area contributed by atoms with Gasteiger partial charge in [-0.1, -0.05) is 54.9 Å². The summed E-state index contributed by atoms with van der Waals surface area (Å²) >= 11 is 6.00. The Morgan fingerprint density at radius 2 is 1.90 bits per heavy atom. The van der Waals surface area contributed by atoms with Crippen molar-refractivity contribution in [3.63, 3.8) is 0 Å². The summed E-state index contributed by atoms with van der Waals surface area (Å²) in [6.07, 6.45) is 0. The minimum Gasteiger partial charge on any atom is -0.480 e. The van der Waals surface area contributed by atoms with Gasteiger partial charge in [-0.2, -0.15) is 0 Å². The number of nitrogens with zero attached hydrogens (tertiary/aromatic N) is 1. The van der Waals surface area contributed by atoms with Gasteiger partial charge in [0.2, 0.25) is 0 Å². The van der Waals surface area contributed by atoms with E-state index in [1.54, 1.807) is 12.1 Å². The molecule has 110 valence electrons. The van der Waals surface area contributed by atoms with Crippen LogP contribution in [0, 0.1) is 0 Å². The predicted octanol–water partition coefficient (Wildman–Crippen LogP) is 4.03. The van der Waals surface area contributed by atoms with E-state index in [1.165, 1.54) is 5.56 Å². The number of hydrogen-bond acceptors (Lipinski definition) is 2. The van der Waals surface area contributed by atoms with Crippen molar-refractivity contribution in [3.8, 4) is 0 Å². The Kier molecular flexibility index (Phi) is 5.23. The van der Waals surface area contributed by atoms with Crippen molar-refractivity contribution in [2.24, 2.45) is 0 Å². The lowest BCUT2D eigenvalue weighted by Crippen LogP contribution is -2.33. The van der Waals surface area contributed by atoms with Crippen LogP contribution in [0.5, 0.6) is 0 Å². The van der Waals surface area contributed by atoms with E-state index < -0.39 is 5.97 Å². The van der Waals surface area contributed by atoms with Gasteiger partial charge in [0, 0.05) is 17.3 Å². The minimum atomic E-state index is -0.852. The molecular formula is C17H18ClNO2. The number of benzene rings is 2. The topological polar surface area (TPSA) is 40.5 Å². The number of carbonyl (C=O) groups is 1. The van der Waals surface area contributed by atoms with Crippen LogP contribution >= 0.6 is 11.6 Å². The van der Waals surface area contributed by atoms with Crippen LogP contribution in [-0.2, 0) is 4.79 Å². The van der Waals surface area contributed by atoms with Crippen molar-refractivity contribution in [1.82, 2.24) is 0 Å². The zero-order valence-corrected chi connectivity index (χ0v) is 12.6. The third-order valence-corrected chi connectivity index (χ3v) is 3.60. The van der Waals surface area contributed by atoms with Gasteiger partial charge in [-0.3, -0.25) is 4.79 Å². The number of rotatable bonds is 6. The van der Waals surface area contributed by atoms with E-state index in [-0.39, 0.29) is 12.5 Å².